The van der Waals surface area contributed by atoms with Crippen molar-refractivity contribution in [1.29, 1.82) is 0 Å². The van der Waals surface area contributed by atoms with E-state index in [1.165, 1.54) is 16.5 Å². The van der Waals surface area contributed by atoms with Crippen molar-refractivity contribution in [3.8, 4) is 0 Å². The highest BCUT2D eigenvalue weighted by atomic mass is 35.5. The SMILES string of the molecule is CC(C)CNCc1cn(CCN(C)C)c2cc(Cl)ccc12. The summed E-state index contributed by atoms with van der Waals surface area (Å²) in [6.07, 6.45) is 2.26. The molecule has 0 amide bonds. The predicted molar refractivity (Wildman–Crippen MR) is 92.0 cm³/mol. The first-order chi connectivity index (χ1) is 9.97. The van der Waals surface area contributed by atoms with E-state index in [0.29, 0.717) is 5.92 Å². The van der Waals surface area contributed by atoms with Gasteiger partial charge in [-0.1, -0.05) is 31.5 Å². The summed E-state index contributed by atoms with van der Waals surface area (Å²) >= 11 is 6.17. The molecule has 4 heteroatoms. The molecule has 0 unspecified atom stereocenters. The minimum atomic E-state index is 0.668. The predicted octanol–water partition coefficient (Wildman–Crippen LogP) is 3.60. The third-order valence-electron chi connectivity index (χ3n) is 3.58. The number of hydrogen-bond donors (Lipinski definition) is 1. The van der Waals surface area contributed by atoms with Crippen molar-refractivity contribution in [3.63, 3.8) is 0 Å². The molecule has 1 aromatic heterocycles. The van der Waals surface area contributed by atoms with Crippen molar-refractivity contribution in [2.24, 2.45) is 5.92 Å². The standard InChI is InChI=1S/C17H26ClN3/c1-13(2)10-19-11-14-12-21(8-7-20(3)4)17-9-15(18)5-6-16(14)17/h5-6,9,12-13,19H,7-8,10-11H2,1-4H3. The van der Waals surface area contributed by atoms with E-state index in [1.807, 2.05) is 6.07 Å². The maximum absolute atomic E-state index is 6.17. The summed E-state index contributed by atoms with van der Waals surface area (Å²) in [5.41, 5.74) is 2.58. The monoisotopic (exact) mass is 307 g/mol. The highest BCUT2D eigenvalue weighted by Crippen LogP contribution is 2.25. The van der Waals surface area contributed by atoms with E-state index in [-0.39, 0.29) is 0 Å². The van der Waals surface area contributed by atoms with Crippen LogP contribution < -0.4 is 5.32 Å². The summed E-state index contributed by atoms with van der Waals surface area (Å²) in [6, 6.07) is 6.18. The number of hydrogen-bond acceptors (Lipinski definition) is 2. The quantitative estimate of drug-likeness (QED) is 0.843. The summed E-state index contributed by atoms with van der Waals surface area (Å²) in [5.74, 6) is 0.668. The molecular formula is C17H26ClN3. The van der Waals surface area contributed by atoms with Crippen LogP contribution in [0.4, 0.5) is 0 Å². The van der Waals surface area contributed by atoms with Crippen LogP contribution in [0, 0.1) is 5.92 Å². The topological polar surface area (TPSA) is 20.2 Å². The summed E-state index contributed by atoms with van der Waals surface area (Å²) in [7, 11) is 4.20. The lowest BCUT2D eigenvalue weighted by Crippen LogP contribution is -2.19. The van der Waals surface area contributed by atoms with E-state index in [2.05, 4.69) is 61.1 Å². The smallest absolute Gasteiger partial charge is 0.0499 e. The lowest BCUT2D eigenvalue weighted by molar-refractivity contribution is 0.386. The molecule has 0 aliphatic heterocycles. The van der Waals surface area contributed by atoms with Crippen LogP contribution in [-0.4, -0.2) is 36.7 Å². The number of nitrogens with one attached hydrogen (secondary N) is 1. The average Bonchev–Trinajstić information content (AvgIpc) is 2.73. The second-order valence-corrected chi connectivity index (χ2v) is 6.77. The molecule has 1 heterocycles. The van der Waals surface area contributed by atoms with Crippen LogP contribution in [0.2, 0.25) is 5.02 Å². The number of rotatable bonds is 7. The molecule has 0 radical (unpaired) electrons. The van der Waals surface area contributed by atoms with Crippen molar-refractivity contribution >= 4 is 22.5 Å². The second kappa shape index (κ2) is 7.30. The maximum atomic E-state index is 6.17. The Morgan fingerprint density at radius 1 is 1.29 bits per heavy atom. The fourth-order valence-electron chi connectivity index (χ4n) is 2.47. The second-order valence-electron chi connectivity index (χ2n) is 6.34. The largest absolute Gasteiger partial charge is 0.346 e. The lowest BCUT2D eigenvalue weighted by atomic mass is 10.1. The first-order valence-corrected chi connectivity index (χ1v) is 7.98. The summed E-state index contributed by atoms with van der Waals surface area (Å²) < 4.78 is 2.31. The fraction of sp³-hybridized carbons (Fsp3) is 0.529. The molecule has 1 aromatic carbocycles. The van der Waals surface area contributed by atoms with Gasteiger partial charge in [-0.25, -0.2) is 0 Å². The van der Waals surface area contributed by atoms with Crippen molar-refractivity contribution in [3.05, 3.63) is 35.0 Å². The lowest BCUT2D eigenvalue weighted by Gasteiger charge is -2.11. The van der Waals surface area contributed by atoms with Gasteiger partial charge in [-0.3, -0.25) is 0 Å². The summed E-state index contributed by atoms with van der Waals surface area (Å²) in [4.78, 5) is 2.20. The van der Waals surface area contributed by atoms with Gasteiger partial charge < -0.3 is 14.8 Å². The van der Waals surface area contributed by atoms with Gasteiger partial charge in [0.25, 0.3) is 0 Å². The van der Waals surface area contributed by atoms with Crippen LogP contribution in [0.1, 0.15) is 19.4 Å². The zero-order valence-electron chi connectivity index (χ0n) is 13.5. The van der Waals surface area contributed by atoms with Crippen LogP contribution >= 0.6 is 11.6 Å². The van der Waals surface area contributed by atoms with Crippen molar-refractivity contribution in [1.82, 2.24) is 14.8 Å². The Balaban J connectivity index is 2.24. The average molecular weight is 308 g/mol. The normalized spacial score (nSPS) is 12.0. The summed E-state index contributed by atoms with van der Waals surface area (Å²) in [5, 5.41) is 5.63. The number of fused-ring (bicyclic) bond motifs is 1. The number of halogens is 1. The van der Waals surface area contributed by atoms with Crippen LogP contribution in [0.25, 0.3) is 10.9 Å². The third-order valence-corrected chi connectivity index (χ3v) is 3.82. The van der Waals surface area contributed by atoms with Crippen molar-refractivity contribution < 1.29 is 0 Å². The first kappa shape index (κ1) is 16.3. The fourth-order valence-corrected chi connectivity index (χ4v) is 2.64. The molecule has 2 aromatic rings. The van der Waals surface area contributed by atoms with Gasteiger partial charge in [-0.15, -0.1) is 0 Å². The molecule has 0 aliphatic rings. The number of benzene rings is 1. The molecule has 0 saturated heterocycles. The molecule has 0 aliphatic carbocycles. The summed E-state index contributed by atoms with van der Waals surface area (Å²) in [6.45, 7) is 8.41. The first-order valence-electron chi connectivity index (χ1n) is 7.60. The Hall–Kier alpha value is -1.03. The van der Waals surface area contributed by atoms with Gasteiger partial charge in [0, 0.05) is 41.8 Å². The Kier molecular flexibility index (Phi) is 5.68. The Labute approximate surface area is 132 Å². The molecule has 1 N–H and O–H groups in total. The minimum absolute atomic E-state index is 0.668. The van der Waals surface area contributed by atoms with Crippen LogP contribution in [0.15, 0.2) is 24.4 Å². The van der Waals surface area contributed by atoms with Gasteiger partial charge in [-0.05, 0) is 44.3 Å². The molecule has 0 saturated carbocycles. The number of nitrogens with zero attached hydrogens (tertiary/aromatic N) is 2. The maximum Gasteiger partial charge on any atom is 0.0499 e. The van der Waals surface area contributed by atoms with Crippen LogP contribution in [-0.2, 0) is 13.1 Å². The van der Waals surface area contributed by atoms with Crippen molar-refractivity contribution in [2.45, 2.75) is 26.9 Å². The molecular weight excluding hydrogens is 282 g/mol. The molecule has 2 rings (SSSR count). The Morgan fingerprint density at radius 2 is 2.05 bits per heavy atom. The highest BCUT2D eigenvalue weighted by molar-refractivity contribution is 6.31. The van der Waals surface area contributed by atoms with Crippen LogP contribution in [0.3, 0.4) is 0 Å². The van der Waals surface area contributed by atoms with E-state index in [0.717, 1.165) is 31.2 Å². The molecule has 0 fully saturated rings. The molecule has 0 bridgehead atoms. The molecule has 0 spiro atoms. The van der Waals surface area contributed by atoms with Gasteiger partial charge in [-0.2, -0.15) is 0 Å². The van der Waals surface area contributed by atoms with E-state index in [4.69, 9.17) is 11.6 Å². The van der Waals surface area contributed by atoms with E-state index in [1.54, 1.807) is 0 Å². The number of likely N-dealkylation sites (N-methyl/N-ethyl adjacent to an activating group) is 1. The zero-order valence-corrected chi connectivity index (χ0v) is 14.2. The van der Waals surface area contributed by atoms with Gasteiger partial charge in [0.05, 0.1) is 0 Å². The van der Waals surface area contributed by atoms with E-state index < -0.39 is 0 Å². The Morgan fingerprint density at radius 3 is 2.71 bits per heavy atom. The highest BCUT2D eigenvalue weighted by Gasteiger charge is 2.09. The molecule has 0 atom stereocenters. The van der Waals surface area contributed by atoms with Crippen LogP contribution in [0.5, 0.6) is 0 Å². The van der Waals surface area contributed by atoms with E-state index in [9.17, 15) is 0 Å². The molecule has 3 nitrogen and oxygen atoms in total. The molecule has 116 valence electrons. The zero-order chi connectivity index (χ0) is 15.4. The van der Waals surface area contributed by atoms with E-state index >= 15 is 0 Å². The third kappa shape index (κ3) is 4.47. The molecule has 21 heavy (non-hydrogen) atoms. The van der Waals surface area contributed by atoms with Crippen molar-refractivity contribution in [2.75, 3.05) is 27.2 Å². The number of aromatic nitrogens is 1. The van der Waals surface area contributed by atoms with Gasteiger partial charge in [0.1, 0.15) is 0 Å². The minimum Gasteiger partial charge on any atom is -0.346 e. The van der Waals surface area contributed by atoms with Gasteiger partial charge >= 0.3 is 0 Å². The van der Waals surface area contributed by atoms with Gasteiger partial charge in [0.15, 0.2) is 0 Å². The Bertz CT molecular complexity index is 587. The van der Waals surface area contributed by atoms with Gasteiger partial charge in [0.2, 0.25) is 0 Å².